The van der Waals surface area contributed by atoms with Gasteiger partial charge in [0.2, 0.25) is 5.91 Å². The molecule has 0 aliphatic carbocycles. The predicted molar refractivity (Wildman–Crippen MR) is 125 cm³/mol. The van der Waals surface area contributed by atoms with Crippen molar-refractivity contribution >= 4 is 39.2 Å². The number of nitrogens with zero attached hydrogens (tertiary/aromatic N) is 2. The average Bonchev–Trinajstić information content (AvgIpc) is 3.24. The van der Waals surface area contributed by atoms with Crippen LogP contribution in [0.4, 0.5) is 13.2 Å². The van der Waals surface area contributed by atoms with Gasteiger partial charge in [-0.25, -0.2) is 4.98 Å². The van der Waals surface area contributed by atoms with Crippen molar-refractivity contribution < 1.29 is 18.0 Å². The third kappa shape index (κ3) is 5.82. The van der Waals surface area contributed by atoms with Gasteiger partial charge in [-0.2, -0.15) is 13.2 Å². The number of fused-ring (bicyclic) bond motifs is 1. The van der Waals surface area contributed by atoms with Crippen molar-refractivity contribution in [2.75, 3.05) is 12.3 Å². The van der Waals surface area contributed by atoms with Gasteiger partial charge in [0.1, 0.15) is 11.2 Å². The number of thiophene rings is 1. The fourth-order valence-corrected chi connectivity index (χ4v) is 5.01. The van der Waals surface area contributed by atoms with Crippen LogP contribution in [0.3, 0.4) is 0 Å². The lowest BCUT2D eigenvalue weighted by molar-refractivity contribution is -0.136. The highest BCUT2D eigenvalue weighted by atomic mass is 32.2. The quantitative estimate of drug-likeness (QED) is 0.295. The van der Waals surface area contributed by atoms with Gasteiger partial charge < -0.3 is 5.32 Å². The monoisotopic (exact) mass is 489 g/mol. The Morgan fingerprint density at radius 3 is 2.39 bits per heavy atom. The highest BCUT2D eigenvalue weighted by Gasteiger charge is 2.27. The summed E-state index contributed by atoms with van der Waals surface area (Å²) in [6, 6.07) is 20.7. The summed E-state index contributed by atoms with van der Waals surface area (Å²) in [5.41, 5.74) is 2.06. The van der Waals surface area contributed by atoms with E-state index in [0.29, 0.717) is 10.2 Å². The van der Waals surface area contributed by atoms with E-state index in [1.165, 1.54) is 15.9 Å². The third-order valence-electron chi connectivity index (χ3n) is 4.66. The van der Waals surface area contributed by atoms with Gasteiger partial charge in [0.15, 0.2) is 5.16 Å². The van der Waals surface area contributed by atoms with E-state index in [4.69, 9.17) is 0 Å². The number of benzene rings is 2. The molecular weight excluding hydrogens is 471 g/mol. The number of amides is 1. The van der Waals surface area contributed by atoms with Gasteiger partial charge in [0, 0.05) is 4.88 Å². The topological polar surface area (TPSA) is 64.0 Å². The van der Waals surface area contributed by atoms with Crippen molar-refractivity contribution in [3.63, 3.8) is 0 Å². The van der Waals surface area contributed by atoms with E-state index in [2.05, 4.69) is 4.98 Å². The first-order valence-corrected chi connectivity index (χ1v) is 11.7. The summed E-state index contributed by atoms with van der Waals surface area (Å²) in [4.78, 5) is 30.8. The Morgan fingerprint density at radius 2 is 1.73 bits per heavy atom. The van der Waals surface area contributed by atoms with E-state index >= 15 is 0 Å². The SMILES string of the molecule is O=C(CSc1nc2cc(-c3ccccc3)sc2c(=O)n1Cc1ccccc1)NCC(F)(F)F. The molecule has 4 rings (SSSR count). The van der Waals surface area contributed by atoms with Gasteiger partial charge >= 0.3 is 6.18 Å². The lowest BCUT2D eigenvalue weighted by Crippen LogP contribution is -2.35. The fraction of sp³-hybridized carbons (Fsp3) is 0.174. The Bertz CT molecular complexity index is 1320. The number of halogens is 3. The molecule has 0 unspecified atom stereocenters. The third-order valence-corrected chi connectivity index (χ3v) is 6.80. The molecule has 2 heterocycles. The van der Waals surface area contributed by atoms with Crippen molar-refractivity contribution in [3.05, 3.63) is 82.6 Å². The molecule has 1 N–H and O–H groups in total. The van der Waals surface area contributed by atoms with Crippen molar-refractivity contribution in [2.24, 2.45) is 0 Å². The van der Waals surface area contributed by atoms with Crippen molar-refractivity contribution in [3.8, 4) is 10.4 Å². The maximum absolute atomic E-state index is 13.4. The van der Waals surface area contributed by atoms with Crippen LogP contribution < -0.4 is 10.9 Å². The molecule has 2 aromatic carbocycles. The zero-order valence-electron chi connectivity index (χ0n) is 17.1. The Kier molecular flexibility index (Phi) is 6.85. The first-order valence-electron chi connectivity index (χ1n) is 9.90. The first-order chi connectivity index (χ1) is 15.8. The minimum atomic E-state index is -4.49. The van der Waals surface area contributed by atoms with E-state index in [-0.39, 0.29) is 23.0 Å². The molecule has 4 aromatic rings. The molecule has 2 aromatic heterocycles. The number of hydrogen-bond donors (Lipinski definition) is 1. The molecule has 0 atom stereocenters. The molecule has 0 aliphatic heterocycles. The molecule has 10 heteroatoms. The van der Waals surface area contributed by atoms with Crippen LogP contribution in [0.2, 0.25) is 0 Å². The van der Waals surface area contributed by atoms with Crippen LogP contribution in [-0.2, 0) is 11.3 Å². The standard InChI is InChI=1S/C23H18F3N3O2S2/c24-23(25,26)14-27-19(30)13-32-22-28-17-11-18(16-9-5-2-6-10-16)33-20(17)21(31)29(22)12-15-7-3-1-4-8-15/h1-11H,12-14H2,(H,27,30). The Labute approximate surface area is 195 Å². The highest BCUT2D eigenvalue weighted by Crippen LogP contribution is 2.32. The van der Waals surface area contributed by atoms with Crippen LogP contribution in [0.5, 0.6) is 0 Å². The lowest BCUT2D eigenvalue weighted by Gasteiger charge is -2.12. The number of carbonyl (C=O) groups is 1. The van der Waals surface area contributed by atoms with Crippen LogP contribution in [-0.4, -0.2) is 33.9 Å². The molecule has 0 fully saturated rings. The van der Waals surface area contributed by atoms with Gasteiger partial charge in [-0.05, 0) is 17.2 Å². The summed E-state index contributed by atoms with van der Waals surface area (Å²) >= 11 is 2.27. The number of hydrogen-bond acceptors (Lipinski definition) is 5. The van der Waals surface area contributed by atoms with Gasteiger partial charge in [-0.1, -0.05) is 72.4 Å². The maximum atomic E-state index is 13.4. The van der Waals surface area contributed by atoms with Crippen LogP contribution in [0.15, 0.2) is 76.7 Å². The average molecular weight is 490 g/mol. The smallest absolute Gasteiger partial charge is 0.346 e. The van der Waals surface area contributed by atoms with Gasteiger partial charge in [0.05, 0.1) is 17.8 Å². The summed E-state index contributed by atoms with van der Waals surface area (Å²) in [6.45, 7) is -1.17. The van der Waals surface area contributed by atoms with E-state index in [9.17, 15) is 22.8 Å². The molecule has 0 radical (unpaired) electrons. The number of alkyl halides is 3. The van der Waals surface area contributed by atoms with Crippen molar-refractivity contribution in [1.29, 1.82) is 0 Å². The van der Waals surface area contributed by atoms with E-state index in [1.807, 2.05) is 72.0 Å². The predicted octanol–water partition coefficient (Wildman–Crippen LogP) is 4.94. The molecule has 5 nitrogen and oxygen atoms in total. The van der Waals surface area contributed by atoms with E-state index < -0.39 is 18.6 Å². The molecule has 0 spiro atoms. The first kappa shape index (κ1) is 23.1. The second-order valence-electron chi connectivity index (χ2n) is 7.14. The minimum Gasteiger partial charge on any atom is -0.346 e. The molecule has 0 saturated heterocycles. The summed E-state index contributed by atoms with van der Waals surface area (Å²) in [5, 5.41) is 2.12. The molecule has 0 aliphatic rings. The molecular formula is C23H18F3N3O2S2. The summed E-state index contributed by atoms with van der Waals surface area (Å²) in [7, 11) is 0. The van der Waals surface area contributed by atoms with Crippen LogP contribution >= 0.6 is 23.1 Å². The van der Waals surface area contributed by atoms with Crippen LogP contribution in [0, 0.1) is 0 Å². The van der Waals surface area contributed by atoms with Crippen molar-refractivity contribution in [2.45, 2.75) is 17.9 Å². The van der Waals surface area contributed by atoms with Crippen LogP contribution in [0.1, 0.15) is 5.56 Å². The molecule has 33 heavy (non-hydrogen) atoms. The largest absolute Gasteiger partial charge is 0.405 e. The van der Waals surface area contributed by atoms with Gasteiger partial charge in [-0.15, -0.1) is 11.3 Å². The number of rotatable bonds is 7. The Hall–Kier alpha value is -3.11. The fourth-order valence-electron chi connectivity index (χ4n) is 3.13. The number of carbonyl (C=O) groups excluding carboxylic acids is 1. The Balaban J connectivity index is 1.68. The van der Waals surface area contributed by atoms with Crippen molar-refractivity contribution in [1.82, 2.24) is 14.9 Å². The lowest BCUT2D eigenvalue weighted by atomic mass is 10.2. The molecule has 170 valence electrons. The zero-order chi connectivity index (χ0) is 23.4. The normalized spacial score (nSPS) is 11.6. The number of thioether (sulfide) groups is 1. The summed E-state index contributed by atoms with van der Waals surface area (Å²) in [5.74, 6) is -1.08. The minimum absolute atomic E-state index is 0.230. The number of aromatic nitrogens is 2. The van der Waals surface area contributed by atoms with E-state index in [1.54, 1.807) is 0 Å². The summed E-state index contributed by atoms with van der Waals surface area (Å²) in [6.07, 6.45) is -4.49. The summed E-state index contributed by atoms with van der Waals surface area (Å²) < 4.78 is 39.1. The molecule has 1 amide bonds. The van der Waals surface area contributed by atoms with Gasteiger partial charge in [-0.3, -0.25) is 14.2 Å². The molecule has 0 bridgehead atoms. The zero-order valence-corrected chi connectivity index (χ0v) is 18.8. The maximum Gasteiger partial charge on any atom is 0.405 e. The van der Waals surface area contributed by atoms with Crippen LogP contribution in [0.25, 0.3) is 20.7 Å². The second kappa shape index (κ2) is 9.80. The number of nitrogens with one attached hydrogen (secondary N) is 1. The van der Waals surface area contributed by atoms with E-state index in [0.717, 1.165) is 27.8 Å². The molecule has 0 saturated carbocycles. The van der Waals surface area contributed by atoms with Gasteiger partial charge in [0.25, 0.3) is 5.56 Å². The second-order valence-corrected chi connectivity index (χ2v) is 9.14. The Morgan fingerprint density at radius 1 is 1.06 bits per heavy atom. The highest BCUT2D eigenvalue weighted by molar-refractivity contribution is 7.99.